The molecule has 13 heteroatoms. The zero-order valence-electron chi connectivity index (χ0n) is 19.2. The Morgan fingerprint density at radius 1 is 1.06 bits per heavy atom. The molecule has 0 saturated carbocycles. The Labute approximate surface area is 205 Å². The molecule has 3 heterocycles. The van der Waals surface area contributed by atoms with Crippen LogP contribution >= 0.6 is 0 Å². The van der Waals surface area contributed by atoms with Crippen molar-refractivity contribution in [2.24, 2.45) is 0 Å². The summed E-state index contributed by atoms with van der Waals surface area (Å²) in [4.78, 5) is 45.6. The molecule has 0 radical (unpaired) electrons. The summed E-state index contributed by atoms with van der Waals surface area (Å²) >= 11 is 0. The zero-order chi connectivity index (χ0) is 26.3. The van der Waals surface area contributed by atoms with Gasteiger partial charge in [0.1, 0.15) is 11.7 Å². The number of carbonyl (C=O) groups is 3. The number of anilines is 1. The van der Waals surface area contributed by atoms with Crippen molar-refractivity contribution in [1.29, 1.82) is 0 Å². The molecular formula is C23H23F3N4O5S. The number of halogens is 3. The number of likely N-dealkylation sites (tertiary alicyclic amines) is 1. The molecule has 0 bridgehead atoms. The molecule has 1 atom stereocenters. The van der Waals surface area contributed by atoms with E-state index in [4.69, 9.17) is 0 Å². The molecule has 9 nitrogen and oxygen atoms in total. The molecule has 4 rings (SSSR count). The van der Waals surface area contributed by atoms with Gasteiger partial charge in [0.2, 0.25) is 0 Å². The Morgan fingerprint density at radius 2 is 1.69 bits per heavy atom. The van der Waals surface area contributed by atoms with Crippen molar-refractivity contribution in [3.8, 4) is 0 Å². The first-order valence-electron chi connectivity index (χ1n) is 11.2. The van der Waals surface area contributed by atoms with E-state index in [0.29, 0.717) is 30.8 Å². The van der Waals surface area contributed by atoms with Crippen molar-refractivity contribution in [2.75, 3.05) is 18.0 Å². The van der Waals surface area contributed by atoms with Gasteiger partial charge in [0.05, 0.1) is 10.6 Å². The van der Waals surface area contributed by atoms with Crippen molar-refractivity contribution < 1.29 is 36.0 Å². The number of carbonyl (C=O) groups excluding carboxylic acids is 3. The van der Waals surface area contributed by atoms with Crippen molar-refractivity contribution in [3.05, 3.63) is 53.9 Å². The topological polar surface area (TPSA) is 108 Å². The Balaban J connectivity index is 1.53. The summed E-state index contributed by atoms with van der Waals surface area (Å²) in [6, 6.07) is 4.93. The molecule has 1 aromatic carbocycles. The van der Waals surface area contributed by atoms with Crippen LogP contribution < -0.4 is 4.90 Å². The predicted molar refractivity (Wildman–Crippen MR) is 122 cm³/mol. The minimum Gasteiger partial charge on any atom is -0.337 e. The number of hydrogen-bond acceptors (Lipinski definition) is 6. The predicted octanol–water partition coefficient (Wildman–Crippen LogP) is 3.36. The van der Waals surface area contributed by atoms with Crippen molar-refractivity contribution >= 4 is 33.4 Å². The molecular weight excluding hydrogens is 501 g/mol. The number of pyridine rings is 1. The highest BCUT2D eigenvalue weighted by Crippen LogP contribution is 2.33. The van der Waals surface area contributed by atoms with Crippen molar-refractivity contribution in [3.63, 3.8) is 0 Å². The lowest BCUT2D eigenvalue weighted by Gasteiger charge is -2.26. The number of amides is 4. The van der Waals surface area contributed by atoms with Gasteiger partial charge in [0, 0.05) is 25.8 Å². The SMILES string of the molecule is CC1C(=O)N(c2ccc(S(=O)(=O)C(F)(F)F)cc2)C(=O)N1Cc1ccnc(C(=O)N2CCCCC2)c1. The lowest BCUT2D eigenvalue weighted by Crippen LogP contribution is -2.36. The van der Waals surface area contributed by atoms with Crippen LogP contribution in [0, 0.1) is 0 Å². The number of rotatable bonds is 5. The molecule has 2 aliphatic rings. The second-order valence-electron chi connectivity index (χ2n) is 8.61. The third kappa shape index (κ3) is 4.66. The number of piperidine rings is 1. The Morgan fingerprint density at radius 3 is 2.31 bits per heavy atom. The average molecular weight is 525 g/mol. The van der Waals surface area contributed by atoms with Gasteiger partial charge in [-0.1, -0.05) is 0 Å². The molecule has 2 fully saturated rings. The lowest BCUT2D eigenvalue weighted by molar-refractivity contribution is -0.119. The summed E-state index contributed by atoms with van der Waals surface area (Å²) in [5.74, 6) is -0.825. The maximum absolute atomic E-state index is 13.1. The van der Waals surface area contributed by atoms with Crippen LogP contribution in [0.1, 0.15) is 42.2 Å². The number of imide groups is 1. The fourth-order valence-electron chi connectivity index (χ4n) is 4.20. The highest BCUT2D eigenvalue weighted by Gasteiger charge is 2.47. The molecule has 4 amide bonds. The maximum atomic E-state index is 13.1. The Bertz CT molecular complexity index is 1290. The molecule has 192 valence electrons. The quantitative estimate of drug-likeness (QED) is 0.555. The second kappa shape index (κ2) is 9.52. The van der Waals surface area contributed by atoms with Crippen LogP contribution in [0.25, 0.3) is 0 Å². The lowest BCUT2D eigenvalue weighted by atomic mass is 10.1. The van der Waals surface area contributed by atoms with Gasteiger partial charge in [-0.05, 0) is 68.1 Å². The van der Waals surface area contributed by atoms with E-state index in [1.807, 2.05) is 0 Å². The van der Waals surface area contributed by atoms with Gasteiger partial charge < -0.3 is 9.80 Å². The minimum absolute atomic E-state index is 0.00836. The van der Waals surface area contributed by atoms with E-state index in [1.54, 1.807) is 17.0 Å². The third-order valence-corrected chi connectivity index (χ3v) is 7.73. The van der Waals surface area contributed by atoms with Crippen molar-refractivity contribution in [2.45, 2.75) is 49.2 Å². The zero-order valence-corrected chi connectivity index (χ0v) is 20.1. The summed E-state index contributed by atoms with van der Waals surface area (Å²) < 4.78 is 61.6. The van der Waals surface area contributed by atoms with Gasteiger partial charge in [-0.2, -0.15) is 13.2 Å². The van der Waals surface area contributed by atoms with E-state index in [2.05, 4.69) is 4.98 Å². The molecule has 0 N–H and O–H groups in total. The van der Waals surface area contributed by atoms with Gasteiger partial charge in [-0.3, -0.25) is 14.6 Å². The highest BCUT2D eigenvalue weighted by molar-refractivity contribution is 7.92. The van der Waals surface area contributed by atoms with Crippen LogP contribution in [0.15, 0.2) is 47.5 Å². The third-order valence-electron chi connectivity index (χ3n) is 6.23. The summed E-state index contributed by atoms with van der Waals surface area (Å²) in [5, 5.41) is 0. The van der Waals surface area contributed by atoms with Crippen LogP contribution in [0.3, 0.4) is 0 Å². The first-order valence-corrected chi connectivity index (χ1v) is 12.7. The smallest absolute Gasteiger partial charge is 0.337 e. The number of aromatic nitrogens is 1. The van der Waals surface area contributed by atoms with E-state index < -0.39 is 38.2 Å². The van der Waals surface area contributed by atoms with Gasteiger partial charge in [-0.15, -0.1) is 0 Å². The summed E-state index contributed by atoms with van der Waals surface area (Å²) in [5.41, 5.74) is -4.72. The van der Waals surface area contributed by atoms with Gasteiger partial charge in [0.15, 0.2) is 0 Å². The first kappa shape index (κ1) is 25.6. The molecule has 1 unspecified atom stereocenters. The number of nitrogens with zero attached hydrogens (tertiary/aromatic N) is 4. The number of alkyl halides is 3. The maximum Gasteiger partial charge on any atom is 0.501 e. The molecule has 36 heavy (non-hydrogen) atoms. The molecule has 0 spiro atoms. The van der Waals surface area contributed by atoms with Gasteiger partial charge in [0.25, 0.3) is 21.7 Å². The van der Waals surface area contributed by atoms with Crippen LogP contribution in [0.5, 0.6) is 0 Å². The number of urea groups is 1. The van der Waals surface area contributed by atoms with Crippen LogP contribution in [0.4, 0.5) is 23.7 Å². The number of sulfone groups is 1. The Hall–Kier alpha value is -3.48. The largest absolute Gasteiger partial charge is 0.501 e. The van der Waals surface area contributed by atoms with E-state index in [1.165, 1.54) is 18.0 Å². The minimum atomic E-state index is -5.56. The summed E-state index contributed by atoms with van der Waals surface area (Å²) in [6.45, 7) is 2.80. The monoisotopic (exact) mass is 524 g/mol. The fourth-order valence-corrected chi connectivity index (χ4v) is 4.97. The molecule has 1 aromatic heterocycles. The second-order valence-corrected chi connectivity index (χ2v) is 10.5. The fraction of sp³-hybridized carbons (Fsp3) is 0.391. The summed E-state index contributed by atoms with van der Waals surface area (Å²) in [6.07, 6.45) is 4.37. The number of hydrogen-bond donors (Lipinski definition) is 0. The average Bonchev–Trinajstić information content (AvgIpc) is 3.06. The van der Waals surface area contributed by atoms with E-state index >= 15 is 0 Å². The van der Waals surface area contributed by atoms with Gasteiger partial charge >= 0.3 is 11.5 Å². The van der Waals surface area contributed by atoms with Crippen LogP contribution in [-0.4, -0.2) is 65.7 Å². The normalized spacial score (nSPS) is 19.2. The molecule has 2 aliphatic heterocycles. The first-order chi connectivity index (χ1) is 16.9. The Kier molecular flexibility index (Phi) is 6.78. The molecule has 0 aliphatic carbocycles. The van der Waals surface area contributed by atoms with Crippen LogP contribution in [0.2, 0.25) is 0 Å². The van der Waals surface area contributed by atoms with E-state index in [-0.39, 0.29) is 23.8 Å². The molecule has 2 aromatic rings. The standard InChI is InChI=1S/C23H23F3N4O5S/c1-15-20(31)30(17-5-7-18(8-6-17)36(34,35)23(24,25)26)22(33)29(15)14-16-9-10-27-19(13-16)21(32)28-11-3-2-4-12-28/h5-10,13,15H,2-4,11-12,14H2,1H3. The van der Waals surface area contributed by atoms with Crippen molar-refractivity contribution in [1.82, 2.24) is 14.8 Å². The highest BCUT2D eigenvalue weighted by atomic mass is 32.2. The van der Waals surface area contributed by atoms with E-state index in [0.717, 1.165) is 36.3 Å². The summed E-state index contributed by atoms with van der Waals surface area (Å²) in [7, 11) is -5.56. The number of benzene rings is 1. The molecule has 2 saturated heterocycles. The van der Waals surface area contributed by atoms with Gasteiger partial charge in [-0.25, -0.2) is 18.1 Å². The van der Waals surface area contributed by atoms with Crippen LogP contribution in [-0.2, 0) is 21.2 Å². The van der Waals surface area contributed by atoms with E-state index in [9.17, 15) is 36.0 Å².